The largest absolute Gasteiger partial charge is 0.309 e. The molecule has 2 nitrogen and oxygen atoms in total. The van der Waals surface area contributed by atoms with Gasteiger partial charge in [0, 0.05) is 27.6 Å². The molecule has 0 amide bonds. The van der Waals surface area contributed by atoms with Gasteiger partial charge in [-0.3, -0.25) is 0 Å². The lowest BCUT2D eigenvalue weighted by atomic mass is 9.83. The third kappa shape index (κ3) is 6.78. The predicted octanol–water partition coefficient (Wildman–Crippen LogP) is 18.8. The molecule has 69 heavy (non-hydrogen) atoms. The molecule has 2 heteroatoms. The van der Waals surface area contributed by atoms with E-state index in [-0.39, 0.29) is 0 Å². The minimum absolute atomic E-state index is 0.402. The van der Waals surface area contributed by atoms with Crippen LogP contribution in [0.3, 0.4) is 0 Å². The second-order valence-corrected chi connectivity index (χ2v) is 18.8. The second-order valence-electron chi connectivity index (χ2n) is 18.8. The summed E-state index contributed by atoms with van der Waals surface area (Å²) >= 11 is 0. The van der Waals surface area contributed by atoms with Gasteiger partial charge in [-0.1, -0.05) is 218 Å². The number of hydrogen-bond acceptors (Lipinski definition) is 2. The summed E-state index contributed by atoms with van der Waals surface area (Å²) in [5, 5.41) is 5.31. The molecule has 2 atom stereocenters. The van der Waals surface area contributed by atoms with Crippen molar-refractivity contribution in [2.75, 3.05) is 9.80 Å². The van der Waals surface area contributed by atoms with Crippen molar-refractivity contribution in [1.29, 1.82) is 0 Å². The number of anilines is 6. The Labute approximate surface area is 405 Å². The molecule has 2 aliphatic carbocycles. The smallest absolute Gasteiger partial charge is 0.0569 e. The maximum Gasteiger partial charge on any atom is 0.0569 e. The Morgan fingerprint density at radius 1 is 0.319 bits per heavy atom. The second kappa shape index (κ2) is 16.7. The van der Waals surface area contributed by atoms with Crippen molar-refractivity contribution in [2.24, 2.45) is 0 Å². The highest BCUT2D eigenvalue weighted by molar-refractivity contribution is 6.19. The first-order valence-corrected chi connectivity index (χ1v) is 24.3. The van der Waals surface area contributed by atoms with E-state index in [1.807, 2.05) is 0 Å². The Bertz CT molecular complexity index is 3730. The molecular formula is C67H50N2. The molecule has 1 fully saturated rings. The van der Waals surface area contributed by atoms with E-state index in [4.69, 9.17) is 0 Å². The topological polar surface area (TPSA) is 6.48 Å². The van der Waals surface area contributed by atoms with Crippen molar-refractivity contribution in [2.45, 2.75) is 32.1 Å². The zero-order valence-corrected chi connectivity index (χ0v) is 38.9. The Morgan fingerprint density at radius 2 is 0.739 bits per heavy atom. The van der Waals surface area contributed by atoms with Gasteiger partial charge in [0.1, 0.15) is 0 Å². The van der Waals surface area contributed by atoms with E-state index in [2.05, 4.69) is 266 Å². The third-order valence-corrected chi connectivity index (χ3v) is 14.8. The summed E-state index contributed by atoms with van der Waals surface area (Å²) in [4.78, 5) is 5.20. The summed E-state index contributed by atoms with van der Waals surface area (Å²) in [6.45, 7) is 4.55. The van der Waals surface area contributed by atoms with E-state index in [0.717, 1.165) is 12.1 Å². The predicted molar refractivity (Wildman–Crippen MR) is 292 cm³/mol. The molecule has 0 aliphatic heterocycles. The van der Waals surface area contributed by atoms with Gasteiger partial charge in [-0.05, 0) is 117 Å². The molecule has 0 heterocycles. The van der Waals surface area contributed by atoms with E-state index in [0.29, 0.717) is 11.8 Å². The summed E-state index contributed by atoms with van der Waals surface area (Å²) in [5.74, 6) is 0.833. The van der Waals surface area contributed by atoms with Crippen LogP contribution in [-0.2, 0) is 0 Å². The molecule has 2 unspecified atom stereocenters. The fraction of sp³-hybridized carbons (Fsp3) is 0.0746. The van der Waals surface area contributed by atoms with Gasteiger partial charge in [-0.15, -0.1) is 0 Å². The van der Waals surface area contributed by atoms with Crippen LogP contribution >= 0.6 is 0 Å². The number of nitrogens with zero attached hydrogens (tertiary/aromatic N) is 2. The molecule has 2 aliphatic rings. The van der Waals surface area contributed by atoms with Crippen LogP contribution in [0.2, 0.25) is 0 Å². The molecule has 11 aromatic carbocycles. The summed E-state index contributed by atoms with van der Waals surface area (Å²) in [6, 6.07) is 89.7. The molecule has 1 saturated carbocycles. The summed E-state index contributed by atoms with van der Waals surface area (Å²) in [7, 11) is 0. The number of benzene rings is 11. The Morgan fingerprint density at radius 3 is 1.26 bits per heavy atom. The Kier molecular flexibility index (Phi) is 9.87. The van der Waals surface area contributed by atoms with Gasteiger partial charge >= 0.3 is 0 Å². The van der Waals surface area contributed by atoms with Crippen LogP contribution in [0.25, 0.3) is 66.1 Å². The minimum Gasteiger partial charge on any atom is -0.309 e. The highest BCUT2D eigenvalue weighted by Crippen LogP contribution is 2.66. The van der Waals surface area contributed by atoms with Gasteiger partial charge in [-0.2, -0.15) is 0 Å². The Hall–Kier alpha value is -8.46. The van der Waals surface area contributed by atoms with Crippen molar-refractivity contribution in [1.82, 2.24) is 0 Å². The summed E-state index contributed by atoms with van der Waals surface area (Å²) in [5.41, 5.74) is 22.1. The first-order valence-electron chi connectivity index (χ1n) is 24.3. The van der Waals surface area contributed by atoms with Gasteiger partial charge in [0.2, 0.25) is 0 Å². The molecule has 0 aromatic heterocycles. The molecule has 13 rings (SSSR count). The van der Waals surface area contributed by atoms with E-state index < -0.39 is 0 Å². The third-order valence-electron chi connectivity index (χ3n) is 14.8. The van der Waals surface area contributed by atoms with Gasteiger partial charge in [0.05, 0.1) is 34.1 Å². The van der Waals surface area contributed by atoms with Gasteiger partial charge in [-0.25, -0.2) is 0 Å². The molecule has 328 valence electrons. The molecule has 0 radical (unpaired) electrons. The standard InChI is InChI=1S/C67H50N2/c1-44-21-19-33-53(48-27-11-5-12-28-48)66(44)68(59-35-17-15-31-51(59)46-23-7-3-8-24-46)61-42-40-55-57-43-58(57)65-62(41-38-50-37-39-56(61)64(55)63(50)65)69(60-36-18-16-32-52(60)47-25-9-4-10-26-47)67-45(2)22-20-34-54(67)49-29-13-6-14-30-49/h3-42,57-58H,43H2,1-2H3. The fourth-order valence-corrected chi connectivity index (χ4v) is 11.6. The van der Waals surface area contributed by atoms with E-state index in [1.54, 1.807) is 0 Å². The van der Waals surface area contributed by atoms with E-state index in [9.17, 15) is 0 Å². The Balaban J connectivity index is 1.12. The maximum atomic E-state index is 2.62. The van der Waals surface area contributed by atoms with Crippen LogP contribution in [0.1, 0.15) is 40.5 Å². The number of rotatable bonds is 10. The number of fused-ring (bicyclic) bond motifs is 3. The van der Waals surface area contributed by atoms with Crippen LogP contribution in [-0.4, -0.2) is 0 Å². The van der Waals surface area contributed by atoms with Crippen molar-refractivity contribution in [3.05, 3.63) is 265 Å². The normalized spacial score (nSPS) is 14.5. The molecular weight excluding hydrogens is 833 g/mol. The fourth-order valence-electron chi connectivity index (χ4n) is 11.6. The monoisotopic (exact) mass is 882 g/mol. The number of para-hydroxylation sites is 4. The van der Waals surface area contributed by atoms with Gasteiger partial charge in [0.15, 0.2) is 0 Å². The lowest BCUT2D eigenvalue weighted by molar-refractivity contribution is 1.03. The van der Waals surface area contributed by atoms with E-state index in [1.165, 1.54) is 117 Å². The first kappa shape index (κ1) is 40.8. The average Bonchev–Trinajstić information content (AvgIpc) is 4.22. The molecule has 0 N–H and O–H groups in total. The number of aryl methyl sites for hydroxylation is 2. The zero-order valence-electron chi connectivity index (χ0n) is 38.9. The van der Waals surface area contributed by atoms with Crippen molar-refractivity contribution in [3.63, 3.8) is 0 Å². The minimum atomic E-state index is 0.402. The van der Waals surface area contributed by atoms with Gasteiger partial charge < -0.3 is 9.80 Å². The van der Waals surface area contributed by atoms with Crippen LogP contribution in [0.5, 0.6) is 0 Å². The van der Waals surface area contributed by atoms with Crippen LogP contribution in [0.4, 0.5) is 34.1 Å². The van der Waals surface area contributed by atoms with Crippen molar-refractivity contribution >= 4 is 55.7 Å². The molecule has 0 bridgehead atoms. The molecule has 11 aromatic rings. The van der Waals surface area contributed by atoms with Crippen LogP contribution in [0, 0.1) is 13.8 Å². The maximum absolute atomic E-state index is 2.62. The SMILES string of the molecule is Cc1cccc(-c2ccccc2)c1N(c1ccccc1-c1ccccc1)c1ccc2ccc3c(N(c4ccccc4-c4ccccc4)c4c(C)cccc4-c4ccccc4)ccc4c3c2c1C1CC41. The summed E-state index contributed by atoms with van der Waals surface area (Å²) < 4.78 is 0. The van der Waals surface area contributed by atoms with Crippen LogP contribution in [0.15, 0.2) is 243 Å². The first-order chi connectivity index (χ1) is 34.1. The molecule has 0 saturated heterocycles. The number of hydrogen-bond donors (Lipinski definition) is 0. The quantitative estimate of drug-likeness (QED) is 0.126. The lowest BCUT2D eigenvalue weighted by Crippen LogP contribution is -2.17. The van der Waals surface area contributed by atoms with E-state index >= 15 is 0 Å². The average molecular weight is 883 g/mol. The lowest BCUT2D eigenvalue weighted by Gasteiger charge is -2.35. The summed E-state index contributed by atoms with van der Waals surface area (Å²) in [6.07, 6.45) is 1.12. The highest BCUT2D eigenvalue weighted by atomic mass is 15.2. The highest BCUT2D eigenvalue weighted by Gasteiger charge is 2.47. The van der Waals surface area contributed by atoms with Crippen LogP contribution < -0.4 is 9.80 Å². The van der Waals surface area contributed by atoms with Crippen molar-refractivity contribution in [3.8, 4) is 44.5 Å². The van der Waals surface area contributed by atoms with Gasteiger partial charge in [0.25, 0.3) is 0 Å². The van der Waals surface area contributed by atoms with Crippen molar-refractivity contribution < 1.29 is 0 Å². The zero-order chi connectivity index (χ0) is 46.0. The molecule has 0 spiro atoms.